The van der Waals surface area contributed by atoms with Crippen LogP contribution in [0.5, 0.6) is 0 Å². The number of anilines is 2. The summed E-state index contributed by atoms with van der Waals surface area (Å²) in [7, 11) is -3.56. The van der Waals surface area contributed by atoms with Gasteiger partial charge in [-0.25, -0.2) is 23.1 Å². The number of piperazine rings is 1. The summed E-state index contributed by atoms with van der Waals surface area (Å²) in [4.78, 5) is 29.1. The Morgan fingerprint density at radius 3 is 2.39 bits per heavy atom. The van der Waals surface area contributed by atoms with Gasteiger partial charge >= 0.3 is 0 Å². The second-order valence-corrected chi connectivity index (χ2v) is 10.1. The molecule has 0 radical (unpaired) electrons. The van der Waals surface area contributed by atoms with Crippen molar-refractivity contribution in [2.45, 2.75) is 37.8 Å². The predicted molar refractivity (Wildman–Crippen MR) is 128 cm³/mol. The Morgan fingerprint density at radius 1 is 1.03 bits per heavy atom. The fourth-order valence-electron chi connectivity index (χ4n) is 3.94. The van der Waals surface area contributed by atoms with Gasteiger partial charge in [0.05, 0.1) is 16.3 Å². The van der Waals surface area contributed by atoms with E-state index in [1.165, 1.54) is 12.1 Å². The van der Waals surface area contributed by atoms with Crippen molar-refractivity contribution < 1.29 is 13.2 Å². The van der Waals surface area contributed by atoms with Crippen molar-refractivity contribution in [2.75, 3.05) is 36.4 Å². The van der Waals surface area contributed by atoms with Crippen LogP contribution in [0, 0.1) is 0 Å². The Hall–Kier alpha value is -3.02. The number of rotatable bonds is 7. The van der Waals surface area contributed by atoms with Gasteiger partial charge in [0.1, 0.15) is 17.8 Å². The Labute approximate surface area is 193 Å². The number of nitrogens with zero attached hydrogens (tertiary/aromatic N) is 4. The van der Waals surface area contributed by atoms with Gasteiger partial charge < -0.3 is 15.2 Å². The number of fused-ring (bicyclic) bond motifs is 1. The summed E-state index contributed by atoms with van der Waals surface area (Å²) in [5.74, 6) is 0.773. The molecule has 0 spiro atoms. The average Bonchev–Trinajstić information content (AvgIpc) is 3.27. The van der Waals surface area contributed by atoms with Gasteiger partial charge in [-0.05, 0) is 51.1 Å². The van der Waals surface area contributed by atoms with Gasteiger partial charge in [-0.1, -0.05) is 0 Å². The van der Waals surface area contributed by atoms with E-state index in [-0.39, 0.29) is 22.9 Å². The van der Waals surface area contributed by atoms with Crippen LogP contribution in [-0.4, -0.2) is 72.4 Å². The minimum atomic E-state index is -3.56. The minimum Gasteiger partial charge on any atom is -0.353 e. The molecule has 1 amide bonds. The van der Waals surface area contributed by atoms with Gasteiger partial charge in [0.25, 0.3) is 0 Å². The highest BCUT2D eigenvalue weighted by Gasteiger charge is 2.27. The summed E-state index contributed by atoms with van der Waals surface area (Å²) < 4.78 is 27.1. The van der Waals surface area contributed by atoms with E-state index < -0.39 is 10.0 Å². The van der Waals surface area contributed by atoms with Crippen molar-refractivity contribution in [1.82, 2.24) is 24.6 Å². The lowest BCUT2D eigenvalue weighted by atomic mass is 10.2. The summed E-state index contributed by atoms with van der Waals surface area (Å²) in [5.41, 5.74) is 1.37. The standard InChI is InChI=1S/C22H29N7O3S/c1-15(2)27-33(31,32)18-6-4-17(5-7-18)26-22(30)16(3)28-10-12-29(13-11-28)21-19-8-9-23-20(19)24-14-25-21/h4-9,14-16,27H,10-13H2,1-3H3,(H,26,30)(H,23,24,25)/t16-/m1/s1. The number of aromatic amines is 1. The number of hydrogen-bond acceptors (Lipinski definition) is 7. The summed E-state index contributed by atoms with van der Waals surface area (Å²) in [6.07, 6.45) is 3.42. The quantitative estimate of drug-likeness (QED) is 0.480. The largest absolute Gasteiger partial charge is 0.353 e. The molecule has 3 N–H and O–H groups in total. The highest BCUT2D eigenvalue weighted by Crippen LogP contribution is 2.23. The zero-order valence-corrected chi connectivity index (χ0v) is 19.8. The summed E-state index contributed by atoms with van der Waals surface area (Å²) in [6, 6.07) is 7.65. The molecule has 33 heavy (non-hydrogen) atoms. The van der Waals surface area contributed by atoms with Crippen LogP contribution in [0.25, 0.3) is 11.0 Å². The van der Waals surface area contributed by atoms with E-state index in [0.717, 1.165) is 43.0 Å². The molecule has 1 fully saturated rings. The van der Waals surface area contributed by atoms with E-state index >= 15 is 0 Å². The molecule has 3 heterocycles. The van der Waals surface area contributed by atoms with Crippen LogP contribution in [0.4, 0.5) is 11.5 Å². The molecule has 1 saturated heterocycles. The number of sulfonamides is 1. The minimum absolute atomic E-state index is 0.130. The van der Waals surface area contributed by atoms with Gasteiger partial charge in [-0.2, -0.15) is 0 Å². The number of hydrogen-bond donors (Lipinski definition) is 3. The molecule has 1 aliphatic heterocycles. The third kappa shape index (κ3) is 5.15. The van der Waals surface area contributed by atoms with E-state index in [1.807, 2.05) is 19.2 Å². The second kappa shape index (κ2) is 9.46. The fourth-order valence-corrected chi connectivity index (χ4v) is 5.19. The topological polar surface area (TPSA) is 123 Å². The number of aromatic nitrogens is 3. The Morgan fingerprint density at radius 2 is 1.73 bits per heavy atom. The van der Waals surface area contributed by atoms with Gasteiger partial charge in [0.15, 0.2) is 0 Å². The van der Waals surface area contributed by atoms with Crippen molar-refractivity contribution in [2.24, 2.45) is 0 Å². The van der Waals surface area contributed by atoms with Crippen molar-refractivity contribution in [1.29, 1.82) is 0 Å². The molecule has 1 aliphatic rings. The zero-order valence-electron chi connectivity index (χ0n) is 18.9. The molecule has 4 rings (SSSR count). The lowest BCUT2D eigenvalue weighted by Gasteiger charge is -2.38. The second-order valence-electron chi connectivity index (χ2n) is 8.43. The van der Waals surface area contributed by atoms with E-state index in [4.69, 9.17) is 0 Å². The molecule has 2 aromatic heterocycles. The molecule has 11 heteroatoms. The fraction of sp³-hybridized carbons (Fsp3) is 0.409. The molecular weight excluding hydrogens is 442 g/mol. The molecule has 176 valence electrons. The van der Waals surface area contributed by atoms with Gasteiger partial charge in [0.2, 0.25) is 15.9 Å². The van der Waals surface area contributed by atoms with E-state index in [9.17, 15) is 13.2 Å². The normalized spacial score (nSPS) is 16.3. The molecule has 0 aliphatic carbocycles. The first-order chi connectivity index (χ1) is 15.7. The SMILES string of the molecule is CC(C)NS(=O)(=O)c1ccc(NC(=O)[C@@H](C)N2CCN(c3ncnc4[nH]ccc34)CC2)cc1. The van der Waals surface area contributed by atoms with E-state index in [0.29, 0.717) is 5.69 Å². The summed E-state index contributed by atoms with van der Waals surface area (Å²) in [6.45, 7) is 8.37. The summed E-state index contributed by atoms with van der Waals surface area (Å²) in [5, 5.41) is 3.88. The molecule has 0 bridgehead atoms. The van der Waals surface area contributed by atoms with Crippen molar-refractivity contribution in [3.63, 3.8) is 0 Å². The van der Waals surface area contributed by atoms with Crippen LogP contribution in [-0.2, 0) is 14.8 Å². The molecule has 0 saturated carbocycles. The summed E-state index contributed by atoms with van der Waals surface area (Å²) >= 11 is 0. The van der Waals surface area contributed by atoms with Crippen LogP contribution < -0.4 is 14.9 Å². The van der Waals surface area contributed by atoms with Crippen molar-refractivity contribution >= 4 is 38.5 Å². The lowest BCUT2D eigenvalue weighted by Crippen LogP contribution is -2.53. The third-order valence-electron chi connectivity index (χ3n) is 5.70. The van der Waals surface area contributed by atoms with Crippen LogP contribution in [0.2, 0.25) is 0 Å². The molecule has 1 atom stereocenters. The Bertz CT molecular complexity index is 1220. The monoisotopic (exact) mass is 471 g/mol. The predicted octanol–water partition coefficient (Wildman–Crippen LogP) is 1.79. The van der Waals surface area contributed by atoms with Crippen LogP contribution in [0.3, 0.4) is 0 Å². The van der Waals surface area contributed by atoms with Crippen LogP contribution >= 0.6 is 0 Å². The molecular formula is C22H29N7O3S. The number of carbonyl (C=O) groups is 1. The van der Waals surface area contributed by atoms with E-state index in [2.05, 4.69) is 34.8 Å². The maximum absolute atomic E-state index is 12.8. The lowest BCUT2D eigenvalue weighted by molar-refractivity contribution is -0.120. The molecule has 0 unspecified atom stereocenters. The first-order valence-corrected chi connectivity index (χ1v) is 12.4. The van der Waals surface area contributed by atoms with Crippen molar-refractivity contribution in [3.05, 3.63) is 42.9 Å². The molecule has 1 aromatic carbocycles. The zero-order chi connectivity index (χ0) is 23.6. The highest BCUT2D eigenvalue weighted by molar-refractivity contribution is 7.89. The third-order valence-corrected chi connectivity index (χ3v) is 7.37. The first kappa shape index (κ1) is 23.1. The van der Waals surface area contributed by atoms with E-state index in [1.54, 1.807) is 32.3 Å². The number of benzene rings is 1. The number of carbonyl (C=O) groups excluding carboxylic acids is 1. The number of nitrogens with one attached hydrogen (secondary N) is 3. The van der Waals surface area contributed by atoms with Crippen LogP contribution in [0.1, 0.15) is 20.8 Å². The van der Waals surface area contributed by atoms with Gasteiger partial charge in [-0.15, -0.1) is 0 Å². The smallest absolute Gasteiger partial charge is 0.241 e. The number of amides is 1. The van der Waals surface area contributed by atoms with Gasteiger partial charge in [-0.3, -0.25) is 9.69 Å². The highest BCUT2D eigenvalue weighted by atomic mass is 32.2. The molecule has 10 nitrogen and oxygen atoms in total. The van der Waals surface area contributed by atoms with Crippen molar-refractivity contribution in [3.8, 4) is 0 Å². The Balaban J connectivity index is 1.34. The molecule has 3 aromatic rings. The van der Waals surface area contributed by atoms with Gasteiger partial charge in [0, 0.05) is 44.1 Å². The average molecular weight is 472 g/mol. The maximum atomic E-state index is 12.8. The Kier molecular flexibility index (Phi) is 6.63. The van der Waals surface area contributed by atoms with Crippen LogP contribution in [0.15, 0.2) is 47.8 Å². The number of H-pyrrole nitrogens is 1. The first-order valence-electron chi connectivity index (χ1n) is 10.9. The maximum Gasteiger partial charge on any atom is 0.241 e.